The molecule has 0 radical (unpaired) electrons. The molecule has 0 spiro atoms. The Bertz CT molecular complexity index is 431. The summed E-state index contributed by atoms with van der Waals surface area (Å²) < 4.78 is 0. The maximum absolute atomic E-state index is 4.30. The van der Waals surface area contributed by atoms with Gasteiger partial charge in [-0.3, -0.25) is 0 Å². The first kappa shape index (κ1) is 16.7. The Hall–Kier alpha value is -0.640. The molecule has 1 aliphatic carbocycles. The molecule has 1 saturated carbocycles. The molecular weight excluding hydrogens is 278 g/mol. The molecule has 3 nitrogen and oxygen atoms in total. The number of anilines is 1. The summed E-state index contributed by atoms with van der Waals surface area (Å²) in [5.74, 6) is 1.53. The average Bonchev–Trinajstić information content (AvgIpc) is 2.85. The molecular formula is C17H31N3S. The maximum Gasteiger partial charge on any atom is 0.205 e. The van der Waals surface area contributed by atoms with Crippen molar-refractivity contribution < 1.29 is 0 Å². The summed E-state index contributed by atoms with van der Waals surface area (Å²) in [4.78, 5) is 0. The van der Waals surface area contributed by atoms with E-state index in [-0.39, 0.29) is 0 Å². The van der Waals surface area contributed by atoms with Crippen molar-refractivity contribution in [3.8, 4) is 0 Å². The van der Waals surface area contributed by atoms with Crippen molar-refractivity contribution in [3.05, 3.63) is 5.01 Å². The summed E-state index contributed by atoms with van der Waals surface area (Å²) >= 11 is 1.73. The molecule has 0 aliphatic heterocycles. The van der Waals surface area contributed by atoms with Crippen LogP contribution in [0.2, 0.25) is 0 Å². The third-order valence-corrected chi connectivity index (χ3v) is 6.00. The zero-order valence-electron chi connectivity index (χ0n) is 14.3. The lowest BCUT2D eigenvalue weighted by Gasteiger charge is -2.39. The summed E-state index contributed by atoms with van der Waals surface area (Å²) in [6.45, 7) is 11.6. The lowest BCUT2D eigenvalue weighted by molar-refractivity contribution is 0.147. The molecule has 1 N–H and O–H groups in total. The lowest BCUT2D eigenvalue weighted by Crippen LogP contribution is -2.32. The van der Waals surface area contributed by atoms with Crippen molar-refractivity contribution in [3.63, 3.8) is 0 Å². The first-order chi connectivity index (χ1) is 9.90. The van der Waals surface area contributed by atoms with Gasteiger partial charge in [0.15, 0.2) is 0 Å². The Kier molecular flexibility index (Phi) is 5.64. The SMILES string of the molecule is CCC(C)(C)C1CCC(Nc2nnc(CC(C)C)s2)CC1. The van der Waals surface area contributed by atoms with Crippen LogP contribution >= 0.6 is 11.3 Å². The van der Waals surface area contributed by atoms with Crippen molar-refractivity contribution in [1.29, 1.82) is 0 Å². The Labute approximate surface area is 133 Å². The van der Waals surface area contributed by atoms with E-state index in [0.717, 1.165) is 22.5 Å². The molecule has 0 bridgehead atoms. The van der Waals surface area contributed by atoms with E-state index in [0.29, 0.717) is 17.4 Å². The van der Waals surface area contributed by atoms with Crippen LogP contribution < -0.4 is 5.32 Å². The van der Waals surface area contributed by atoms with Crippen LogP contribution in [0.3, 0.4) is 0 Å². The Morgan fingerprint density at radius 2 is 1.86 bits per heavy atom. The second kappa shape index (κ2) is 7.08. The lowest BCUT2D eigenvalue weighted by atomic mass is 9.69. The molecule has 4 heteroatoms. The van der Waals surface area contributed by atoms with E-state index in [2.05, 4.69) is 50.1 Å². The standard InChI is InChI=1S/C17H31N3S/c1-6-17(4,5)13-7-9-14(10-8-13)18-16-20-19-15(21-16)11-12(2)3/h12-14H,6-11H2,1-5H3,(H,18,20). The number of aromatic nitrogens is 2. The van der Waals surface area contributed by atoms with Gasteiger partial charge in [0, 0.05) is 12.5 Å². The smallest absolute Gasteiger partial charge is 0.205 e. The zero-order chi connectivity index (χ0) is 15.5. The molecule has 1 aromatic heterocycles. The molecule has 2 rings (SSSR count). The average molecular weight is 310 g/mol. The van der Waals surface area contributed by atoms with Gasteiger partial charge in [-0.05, 0) is 42.9 Å². The van der Waals surface area contributed by atoms with Crippen LogP contribution in [0.15, 0.2) is 0 Å². The predicted octanol–water partition coefficient (Wildman–Crippen LogP) is 5.14. The molecule has 21 heavy (non-hydrogen) atoms. The Morgan fingerprint density at radius 1 is 1.19 bits per heavy atom. The van der Waals surface area contributed by atoms with Gasteiger partial charge in [0.05, 0.1) is 0 Å². The van der Waals surface area contributed by atoms with Crippen LogP contribution in [0.4, 0.5) is 5.13 Å². The molecule has 0 amide bonds. The third kappa shape index (κ3) is 4.67. The predicted molar refractivity (Wildman–Crippen MR) is 91.9 cm³/mol. The van der Waals surface area contributed by atoms with Gasteiger partial charge in [0.25, 0.3) is 0 Å². The number of hydrogen-bond donors (Lipinski definition) is 1. The van der Waals surface area contributed by atoms with Crippen LogP contribution in [0.5, 0.6) is 0 Å². The van der Waals surface area contributed by atoms with E-state index in [1.807, 2.05) is 0 Å². The number of hydrogen-bond acceptors (Lipinski definition) is 4. The van der Waals surface area contributed by atoms with Crippen molar-refractivity contribution in [2.75, 3.05) is 5.32 Å². The van der Waals surface area contributed by atoms with Gasteiger partial charge in [-0.25, -0.2) is 0 Å². The molecule has 120 valence electrons. The van der Waals surface area contributed by atoms with Gasteiger partial charge in [0.2, 0.25) is 5.13 Å². The maximum atomic E-state index is 4.30. The van der Waals surface area contributed by atoms with Crippen molar-refractivity contribution >= 4 is 16.5 Å². The van der Waals surface area contributed by atoms with Crippen LogP contribution in [0.1, 0.15) is 71.7 Å². The Balaban J connectivity index is 1.82. The van der Waals surface area contributed by atoms with E-state index >= 15 is 0 Å². The highest BCUT2D eigenvalue weighted by Crippen LogP contribution is 2.41. The summed E-state index contributed by atoms with van der Waals surface area (Å²) in [7, 11) is 0. The van der Waals surface area contributed by atoms with Gasteiger partial charge in [-0.2, -0.15) is 0 Å². The molecule has 1 heterocycles. The molecule has 0 aromatic carbocycles. The van der Waals surface area contributed by atoms with Crippen molar-refractivity contribution in [2.24, 2.45) is 17.3 Å². The quantitative estimate of drug-likeness (QED) is 0.790. The van der Waals surface area contributed by atoms with Gasteiger partial charge >= 0.3 is 0 Å². The topological polar surface area (TPSA) is 37.8 Å². The summed E-state index contributed by atoms with van der Waals surface area (Å²) in [5.41, 5.74) is 0.498. The summed E-state index contributed by atoms with van der Waals surface area (Å²) in [5, 5.41) is 14.4. The van der Waals surface area contributed by atoms with Crippen LogP contribution in [-0.2, 0) is 6.42 Å². The van der Waals surface area contributed by atoms with Crippen LogP contribution in [0.25, 0.3) is 0 Å². The van der Waals surface area contributed by atoms with E-state index in [9.17, 15) is 0 Å². The fraction of sp³-hybridized carbons (Fsp3) is 0.882. The van der Waals surface area contributed by atoms with Crippen LogP contribution in [-0.4, -0.2) is 16.2 Å². The monoisotopic (exact) mass is 309 g/mol. The fourth-order valence-electron chi connectivity index (χ4n) is 3.23. The van der Waals surface area contributed by atoms with E-state index in [4.69, 9.17) is 0 Å². The first-order valence-electron chi connectivity index (χ1n) is 8.49. The highest BCUT2D eigenvalue weighted by atomic mass is 32.1. The van der Waals surface area contributed by atoms with E-state index < -0.39 is 0 Å². The normalized spacial score (nSPS) is 23.5. The first-order valence-corrected chi connectivity index (χ1v) is 9.31. The van der Waals surface area contributed by atoms with E-state index in [1.54, 1.807) is 11.3 Å². The molecule has 1 aliphatic rings. The molecule has 1 aromatic rings. The largest absolute Gasteiger partial charge is 0.357 e. The van der Waals surface area contributed by atoms with Gasteiger partial charge in [-0.1, -0.05) is 52.4 Å². The fourth-order valence-corrected chi connectivity index (χ4v) is 4.25. The number of nitrogens with zero attached hydrogens (tertiary/aromatic N) is 2. The van der Waals surface area contributed by atoms with E-state index in [1.165, 1.54) is 32.1 Å². The van der Waals surface area contributed by atoms with Gasteiger partial charge in [-0.15, -0.1) is 10.2 Å². The minimum atomic E-state index is 0.498. The highest BCUT2D eigenvalue weighted by Gasteiger charge is 2.31. The molecule has 0 saturated heterocycles. The van der Waals surface area contributed by atoms with Gasteiger partial charge < -0.3 is 5.32 Å². The van der Waals surface area contributed by atoms with Gasteiger partial charge in [0.1, 0.15) is 5.01 Å². The molecule has 1 fully saturated rings. The minimum absolute atomic E-state index is 0.498. The summed E-state index contributed by atoms with van der Waals surface area (Å²) in [6, 6.07) is 0.591. The second-order valence-electron chi connectivity index (χ2n) is 7.63. The zero-order valence-corrected chi connectivity index (χ0v) is 15.1. The molecule has 0 unspecified atom stereocenters. The van der Waals surface area contributed by atoms with Crippen molar-refractivity contribution in [1.82, 2.24) is 10.2 Å². The Morgan fingerprint density at radius 3 is 2.43 bits per heavy atom. The summed E-state index contributed by atoms with van der Waals surface area (Å²) in [6.07, 6.45) is 7.55. The molecule has 0 atom stereocenters. The minimum Gasteiger partial charge on any atom is -0.357 e. The third-order valence-electron chi connectivity index (χ3n) is 5.12. The van der Waals surface area contributed by atoms with Crippen molar-refractivity contribution in [2.45, 2.75) is 79.2 Å². The number of rotatable bonds is 6. The van der Waals surface area contributed by atoms with Crippen LogP contribution in [0, 0.1) is 17.3 Å². The highest BCUT2D eigenvalue weighted by molar-refractivity contribution is 7.15. The number of nitrogens with one attached hydrogen (secondary N) is 1. The second-order valence-corrected chi connectivity index (χ2v) is 8.70.